The van der Waals surface area contributed by atoms with E-state index in [9.17, 15) is 39.6 Å². The summed E-state index contributed by atoms with van der Waals surface area (Å²) >= 11 is 0. The van der Waals surface area contributed by atoms with Gasteiger partial charge in [0, 0.05) is 23.6 Å². The number of amides is 2. The number of likely N-dealkylation sites (N-methyl/N-ethyl adjacent to an activating group) is 1. The summed E-state index contributed by atoms with van der Waals surface area (Å²) in [6.07, 6.45) is 0.906. The maximum atomic E-state index is 14.0. The first kappa shape index (κ1) is 29.0. The minimum atomic E-state index is -2.70. The zero-order valence-corrected chi connectivity index (χ0v) is 23.5. The first-order chi connectivity index (χ1) is 19.8. The van der Waals surface area contributed by atoms with E-state index in [4.69, 9.17) is 5.73 Å². The molecule has 11 heteroatoms. The van der Waals surface area contributed by atoms with Crippen molar-refractivity contribution in [3.8, 4) is 16.9 Å². The number of carbonyl (C=O) groups excluding carboxylic acids is 4. The largest absolute Gasteiger partial charge is 0.508 e. The van der Waals surface area contributed by atoms with Crippen molar-refractivity contribution < 1.29 is 39.6 Å². The number of rotatable bonds is 6. The van der Waals surface area contributed by atoms with Crippen LogP contribution in [-0.2, 0) is 20.8 Å². The lowest BCUT2D eigenvalue weighted by Crippen LogP contribution is -2.65. The van der Waals surface area contributed by atoms with E-state index in [1.165, 1.54) is 11.0 Å². The zero-order chi connectivity index (χ0) is 30.7. The Balaban J connectivity index is 1.67. The van der Waals surface area contributed by atoms with Crippen molar-refractivity contribution in [1.29, 1.82) is 0 Å². The van der Waals surface area contributed by atoms with E-state index in [1.807, 2.05) is 6.92 Å². The highest BCUT2D eigenvalue weighted by molar-refractivity contribution is 6.24. The molecule has 0 bridgehead atoms. The lowest BCUT2D eigenvalue weighted by molar-refractivity contribution is -0.153. The fourth-order valence-corrected chi connectivity index (χ4v) is 6.68. The van der Waals surface area contributed by atoms with E-state index in [0.717, 1.165) is 6.42 Å². The highest BCUT2D eigenvalue weighted by atomic mass is 16.3. The number of phenols is 1. The average molecular weight is 576 g/mol. The van der Waals surface area contributed by atoms with Gasteiger partial charge < -0.3 is 31.5 Å². The fourth-order valence-electron chi connectivity index (χ4n) is 6.68. The lowest BCUT2D eigenvalue weighted by atomic mass is 9.57. The third-order valence-corrected chi connectivity index (χ3v) is 8.58. The summed E-state index contributed by atoms with van der Waals surface area (Å²) in [6, 6.07) is 8.77. The van der Waals surface area contributed by atoms with Gasteiger partial charge in [-0.25, -0.2) is 0 Å². The number of aromatic hydroxyl groups is 1. The Morgan fingerprint density at radius 1 is 1.12 bits per heavy atom. The molecule has 7 N–H and O–H groups in total. The Hall–Kier alpha value is -4.48. The number of aliphatic hydroxyl groups excluding tert-OH is 2. The van der Waals surface area contributed by atoms with Crippen LogP contribution >= 0.6 is 0 Å². The molecular weight excluding hydrogens is 542 g/mol. The standard InChI is InChI=1S/C31H33N3O8/c1-4-10-33-30(41)15-7-5-6-14(11-15)17-8-9-20(35)22-18(17)12-16-13-19-24(34(2)3)26(37)23(29(32)40)28(39)31(19,42)27(38)21(16)25(22)36/h5-9,11,16,19,24,35-36,39,42H,4,10,12-13H2,1-3H3,(H2,32,40)(H,33,41)/t16-,19-,24-,31-/m0/s1. The van der Waals surface area contributed by atoms with Crippen LogP contribution in [0.15, 0.2) is 53.3 Å². The van der Waals surface area contributed by atoms with E-state index in [-0.39, 0.29) is 35.6 Å². The number of Topliss-reactive ketones (excluding diaryl/α,β-unsaturated/α-hetero) is 2. The summed E-state index contributed by atoms with van der Waals surface area (Å²) in [6.45, 7) is 2.47. The second-order valence-electron chi connectivity index (χ2n) is 11.3. The minimum absolute atomic E-state index is 0.00960. The molecule has 3 aliphatic carbocycles. The molecule has 0 unspecified atom stereocenters. The Kier molecular flexibility index (Phi) is 7.20. The predicted octanol–water partition coefficient (Wildman–Crippen LogP) is 1.77. The SMILES string of the molecule is CCCNC(=O)c1cccc(-c2ccc(O)c3c2C[C@H]2C[C@H]4[C@H](N(C)C)C(=O)C(C(N)=O)=C(O)[C@@]4(O)C(=O)C2=C3O)c1. The number of nitrogens with zero attached hydrogens (tertiary/aromatic N) is 1. The molecule has 0 spiro atoms. The van der Waals surface area contributed by atoms with E-state index < -0.39 is 58.0 Å². The number of benzene rings is 2. The van der Waals surface area contributed by atoms with E-state index in [2.05, 4.69) is 5.32 Å². The first-order valence-corrected chi connectivity index (χ1v) is 13.7. The van der Waals surface area contributed by atoms with E-state index in [0.29, 0.717) is 28.8 Å². The van der Waals surface area contributed by atoms with Gasteiger partial charge in [-0.1, -0.05) is 25.1 Å². The number of nitrogens with two attached hydrogens (primary N) is 1. The number of hydrogen-bond acceptors (Lipinski definition) is 9. The van der Waals surface area contributed by atoms with Gasteiger partial charge in [0.25, 0.3) is 11.8 Å². The van der Waals surface area contributed by atoms with Gasteiger partial charge in [-0.15, -0.1) is 0 Å². The molecule has 220 valence electrons. The number of carbonyl (C=O) groups is 4. The number of phenolic OH excluding ortho intramolecular Hbond substituents is 1. The Bertz CT molecular complexity index is 1610. The summed E-state index contributed by atoms with van der Waals surface area (Å²) in [5.74, 6) is -7.28. The molecule has 42 heavy (non-hydrogen) atoms. The Morgan fingerprint density at radius 2 is 1.83 bits per heavy atom. The summed E-state index contributed by atoms with van der Waals surface area (Å²) in [5, 5.41) is 47.8. The zero-order valence-electron chi connectivity index (χ0n) is 23.5. The van der Waals surface area contributed by atoms with Crippen molar-refractivity contribution in [3.05, 3.63) is 70.0 Å². The molecule has 0 aliphatic heterocycles. The van der Waals surface area contributed by atoms with Gasteiger partial charge in [0.05, 0.1) is 11.6 Å². The van der Waals surface area contributed by atoms with Crippen molar-refractivity contribution in [2.75, 3.05) is 20.6 Å². The number of primary amides is 1. The molecular formula is C31H33N3O8. The molecule has 2 aromatic rings. The van der Waals surface area contributed by atoms with Crippen LogP contribution in [0.5, 0.6) is 5.75 Å². The maximum absolute atomic E-state index is 14.0. The second kappa shape index (κ2) is 10.4. The van der Waals surface area contributed by atoms with Crippen LogP contribution < -0.4 is 11.1 Å². The topological polar surface area (TPSA) is 190 Å². The molecule has 0 saturated heterocycles. The highest BCUT2D eigenvalue weighted by Gasteiger charge is 2.64. The van der Waals surface area contributed by atoms with Gasteiger partial charge in [-0.05, 0) is 74.2 Å². The molecule has 11 nitrogen and oxygen atoms in total. The van der Waals surface area contributed by atoms with E-state index >= 15 is 0 Å². The molecule has 0 radical (unpaired) electrons. The van der Waals surface area contributed by atoms with Gasteiger partial charge in [0.15, 0.2) is 11.4 Å². The summed E-state index contributed by atoms with van der Waals surface area (Å²) < 4.78 is 0. The van der Waals surface area contributed by atoms with E-state index in [1.54, 1.807) is 44.4 Å². The molecule has 1 saturated carbocycles. The van der Waals surface area contributed by atoms with Crippen LogP contribution in [0.3, 0.4) is 0 Å². The van der Waals surface area contributed by atoms with Crippen molar-refractivity contribution in [2.45, 2.75) is 37.8 Å². The molecule has 0 heterocycles. The van der Waals surface area contributed by atoms with Crippen molar-refractivity contribution in [2.24, 2.45) is 17.6 Å². The maximum Gasteiger partial charge on any atom is 0.255 e. The van der Waals surface area contributed by atoms with Gasteiger partial charge in [-0.2, -0.15) is 0 Å². The third-order valence-electron chi connectivity index (χ3n) is 8.58. The molecule has 4 atom stereocenters. The molecule has 1 fully saturated rings. The Labute approximate surface area is 241 Å². The van der Waals surface area contributed by atoms with Crippen molar-refractivity contribution in [1.82, 2.24) is 10.2 Å². The number of hydrogen-bond donors (Lipinski definition) is 6. The van der Waals surface area contributed by atoms with Gasteiger partial charge in [-0.3, -0.25) is 24.1 Å². The summed E-state index contributed by atoms with van der Waals surface area (Å²) in [4.78, 5) is 53.5. The highest BCUT2D eigenvalue weighted by Crippen LogP contribution is 2.53. The first-order valence-electron chi connectivity index (χ1n) is 13.7. The number of ketones is 2. The quantitative estimate of drug-likeness (QED) is 0.279. The van der Waals surface area contributed by atoms with Gasteiger partial charge in [0.1, 0.15) is 22.8 Å². The van der Waals surface area contributed by atoms with Crippen LogP contribution in [0, 0.1) is 11.8 Å². The smallest absolute Gasteiger partial charge is 0.255 e. The summed E-state index contributed by atoms with van der Waals surface area (Å²) in [7, 11) is 3.10. The van der Waals surface area contributed by atoms with Crippen LogP contribution in [-0.4, -0.2) is 81.0 Å². The van der Waals surface area contributed by atoms with Crippen LogP contribution in [0.2, 0.25) is 0 Å². The minimum Gasteiger partial charge on any atom is -0.508 e. The van der Waals surface area contributed by atoms with Crippen LogP contribution in [0.4, 0.5) is 0 Å². The van der Waals surface area contributed by atoms with Crippen LogP contribution in [0.1, 0.15) is 41.3 Å². The monoisotopic (exact) mass is 575 g/mol. The Morgan fingerprint density at radius 3 is 2.48 bits per heavy atom. The average Bonchev–Trinajstić information content (AvgIpc) is 2.93. The number of nitrogens with one attached hydrogen (secondary N) is 1. The summed E-state index contributed by atoms with van der Waals surface area (Å²) in [5.41, 5.74) is 3.80. The second-order valence-corrected chi connectivity index (χ2v) is 11.3. The van der Waals surface area contributed by atoms with Crippen molar-refractivity contribution >= 4 is 29.1 Å². The fraction of sp³-hybridized carbons (Fsp3) is 0.355. The molecule has 2 amide bonds. The normalized spacial score (nSPS) is 25.2. The van der Waals surface area contributed by atoms with Crippen LogP contribution in [0.25, 0.3) is 16.9 Å². The number of fused-ring (bicyclic) bond motifs is 3. The number of aliphatic hydroxyl groups is 3. The predicted molar refractivity (Wildman–Crippen MR) is 152 cm³/mol. The molecule has 5 rings (SSSR count). The van der Waals surface area contributed by atoms with Gasteiger partial charge >= 0.3 is 0 Å². The van der Waals surface area contributed by atoms with Crippen molar-refractivity contribution in [3.63, 3.8) is 0 Å². The lowest BCUT2D eigenvalue weighted by Gasteiger charge is -2.50. The molecule has 2 aromatic carbocycles. The molecule has 3 aliphatic rings. The third kappa shape index (κ3) is 4.19. The van der Waals surface area contributed by atoms with Gasteiger partial charge in [0.2, 0.25) is 5.78 Å². The molecule has 0 aromatic heterocycles.